The van der Waals surface area contributed by atoms with Crippen LogP contribution >= 0.6 is 0 Å². The molecule has 0 spiro atoms. The van der Waals surface area contributed by atoms with Gasteiger partial charge in [0.25, 0.3) is 0 Å². The van der Waals surface area contributed by atoms with Crippen LogP contribution in [0.5, 0.6) is 0 Å². The summed E-state index contributed by atoms with van der Waals surface area (Å²) in [5.41, 5.74) is 3.99. The maximum absolute atomic E-state index is 13.0. The molecule has 0 saturated heterocycles. The van der Waals surface area contributed by atoms with Crippen molar-refractivity contribution in [1.29, 1.82) is 0 Å². The van der Waals surface area contributed by atoms with Crippen molar-refractivity contribution in [1.82, 2.24) is 15.0 Å². The molecule has 0 amide bonds. The van der Waals surface area contributed by atoms with Crippen molar-refractivity contribution in [2.24, 2.45) is 0 Å². The normalized spacial score (nSPS) is 11.0. The van der Waals surface area contributed by atoms with E-state index in [0.29, 0.717) is 22.8 Å². The second-order valence-corrected chi connectivity index (χ2v) is 7.72. The van der Waals surface area contributed by atoms with Gasteiger partial charge in [-0.15, -0.1) is 0 Å². The molecule has 0 bridgehead atoms. The zero-order valence-electron chi connectivity index (χ0n) is 18.4. The highest BCUT2D eigenvalue weighted by Crippen LogP contribution is 2.27. The number of nitrogens with one attached hydrogen (secondary N) is 1. The predicted octanol–water partition coefficient (Wildman–Crippen LogP) is 5.72. The van der Waals surface area contributed by atoms with E-state index >= 15 is 0 Å². The standard InChI is InChI=1S/C27H22N4O2/c1-3-28-20-14-13-19-15-22(27(32)33-23(19)16-20)26-30-24(18-10-5-4-6-11-18)29-25(31-26)21-12-8-7-9-17(21)2/h4-16,28H,3H2,1-2H3. The van der Waals surface area contributed by atoms with Gasteiger partial charge in [0.05, 0.1) is 0 Å². The second kappa shape index (κ2) is 8.67. The first kappa shape index (κ1) is 20.6. The summed E-state index contributed by atoms with van der Waals surface area (Å²) in [7, 11) is 0. The zero-order valence-corrected chi connectivity index (χ0v) is 18.4. The van der Waals surface area contributed by atoms with E-state index in [-0.39, 0.29) is 5.82 Å². The number of rotatable bonds is 5. The molecule has 0 aliphatic heterocycles. The highest BCUT2D eigenvalue weighted by molar-refractivity contribution is 5.83. The predicted molar refractivity (Wildman–Crippen MR) is 131 cm³/mol. The van der Waals surface area contributed by atoms with Crippen LogP contribution in [-0.4, -0.2) is 21.5 Å². The van der Waals surface area contributed by atoms with Crippen molar-refractivity contribution in [2.75, 3.05) is 11.9 Å². The van der Waals surface area contributed by atoms with E-state index in [2.05, 4.69) is 15.3 Å². The van der Waals surface area contributed by atoms with Gasteiger partial charge in [0.15, 0.2) is 17.5 Å². The number of hydrogen-bond acceptors (Lipinski definition) is 6. The monoisotopic (exact) mass is 434 g/mol. The first-order valence-corrected chi connectivity index (χ1v) is 10.8. The first-order chi connectivity index (χ1) is 16.1. The van der Waals surface area contributed by atoms with Gasteiger partial charge in [0, 0.05) is 34.8 Å². The van der Waals surface area contributed by atoms with Crippen molar-refractivity contribution in [2.45, 2.75) is 13.8 Å². The van der Waals surface area contributed by atoms with Crippen molar-refractivity contribution in [3.8, 4) is 34.2 Å². The average molecular weight is 434 g/mol. The topological polar surface area (TPSA) is 80.9 Å². The second-order valence-electron chi connectivity index (χ2n) is 7.72. The van der Waals surface area contributed by atoms with Crippen molar-refractivity contribution >= 4 is 16.7 Å². The lowest BCUT2D eigenvalue weighted by Crippen LogP contribution is -2.08. The Morgan fingerprint density at radius 2 is 1.48 bits per heavy atom. The minimum atomic E-state index is -0.489. The fourth-order valence-electron chi connectivity index (χ4n) is 3.74. The number of aryl methyl sites for hydroxylation is 1. The maximum Gasteiger partial charge on any atom is 0.347 e. The molecule has 2 heterocycles. The molecule has 0 aliphatic rings. The van der Waals surface area contributed by atoms with E-state index in [9.17, 15) is 4.79 Å². The van der Waals surface area contributed by atoms with E-state index in [0.717, 1.165) is 34.3 Å². The molecular weight excluding hydrogens is 412 g/mol. The summed E-state index contributed by atoms with van der Waals surface area (Å²) in [6.45, 7) is 4.80. The van der Waals surface area contributed by atoms with Gasteiger partial charge >= 0.3 is 5.63 Å². The van der Waals surface area contributed by atoms with Gasteiger partial charge in [0.1, 0.15) is 11.1 Å². The molecule has 5 aromatic rings. The number of nitrogens with zero attached hydrogens (tertiary/aromatic N) is 3. The summed E-state index contributed by atoms with van der Waals surface area (Å²) in [6.07, 6.45) is 0. The third-order valence-electron chi connectivity index (χ3n) is 5.41. The Morgan fingerprint density at radius 1 is 0.788 bits per heavy atom. The Balaban J connectivity index is 1.72. The van der Waals surface area contributed by atoms with Gasteiger partial charge in [-0.1, -0.05) is 54.6 Å². The lowest BCUT2D eigenvalue weighted by molar-refractivity contribution is 0.563. The molecule has 0 saturated carbocycles. The van der Waals surface area contributed by atoms with Crippen LogP contribution in [0, 0.1) is 6.92 Å². The highest BCUT2D eigenvalue weighted by Gasteiger charge is 2.17. The average Bonchev–Trinajstić information content (AvgIpc) is 2.84. The largest absolute Gasteiger partial charge is 0.422 e. The van der Waals surface area contributed by atoms with Crippen molar-refractivity contribution in [3.05, 3.63) is 94.8 Å². The Morgan fingerprint density at radius 3 is 2.24 bits per heavy atom. The highest BCUT2D eigenvalue weighted by atomic mass is 16.4. The summed E-state index contributed by atoms with van der Waals surface area (Å²) < 4.78 is 5.65. The molecule has 3 aromatic carbocycles. The summed E-state index contributed by atoms with van der Waals surface area (Å²) in [5.74, 6) is 1.30. The molecule has 162 valence electrons. The van der Waals surface area contributed by atoms with E-state index in [1.54, 1.807) is 6.07 Å². The molecule has 2 aromatic heterocycles. The van der Waals surface area contributed by atoms with E-state index in [4.69, 9.17) is 9.40 Å². The van der Waals surface area contributed by atoms with Crippen LogP contribution < -0.4 is 10.9 Å². The number of aromatic nitrogens is 3. The van der Waals surface area contributed by atoms with Crippen LogP contribution in [0.2, 0.25) is 0 Å². The number of benzene rings is 3. The van der Waals surface area contributed by atoms with Gasteiger partial charge in [-0.25, -0.2) is 19.7 Å². The quantitative estimate of drug-likeness (QED) is 0.356. The minimum Gasteiger partial charge on any atom is -0.422 e. The van der Waals surface area contributed by atoms with E-state index in [1.165, 1.54) is 0 Å². The van der Waals surface area contributed by atoms with Crippen LogP contribution in [-0.2, 0) is 0 Å². The van der Waals surface area contributed by atoms with Gasteiger partial charge in [-0.2, -0.15) is 0 Å². The Kier molecular flexibility index (Phi) is 5.40. The fraction of sp³-hybridized carbons (Fsp3) is 0.111. The molecule has 0 fully saturated rings. The SMILES string of the molecule is CCNc1ccc2cc(-c3nc(-c4ccccc4)nc(-c4ccccc4C)n3)c(=O)oc2c1. The third kappa shape index (κ3) is 4.11. The number of fused-ring (bicyclic) bond motifs is 1. The maximum atomic E-state index is 13.0. The lowest BCUT2D eigenvalue weighted by atomic mass is 10.1. The Labute approximate surface area is 191 Å². The van der Waals surface area contributed by atoms with Gasteiger partial charge in [0.2, 0.25) is 0 Å². The molecular formula is C27H22N4O2. The van der Waals surface area contributed by atoms with Gasteiger partial charge in [-0.05, 0) is 37.6 Å². The molecule has 33 heavy (non-hydrogen) atoms. The van der Waals surface area contributed by atoms with Crippen LogP contribution in [0.25, 0.3) is 45.1 Å². The molecule has 0 aliphatic carbocycles. The van der Waals surface area contributed by atoms with Crippen LogP contribution in [0.15, 0.2) is 88.1 Å². The summed E-state index contributed by atoms with van der Waals surface area (Å²) >= 11 is 0. The lowest BCUT2D eigenvalue weighted by Gasteiger charge is -2.10. The van der Waals surface area contributed by atoms with E-state index in [1.807, 2.05) is 86.6 Å². The minimum absolute atomic E-state index is 0.286. The summed E-state index contributed by atoms with van der Waals surface area (Å²) in [4.78, 5) is 27.0. The van der Waals surface area contributed by atoms with Crippen LogP contribution in [0.1, 0.15) is 12.5 Å². The summed E-state index contributed by atoms with van der Waals surface area (Å²) in [5, 5.41) is 4.02. The molecule has 0 atom stereocenters. The Hall–Kier alpha value is -4.32. The summed E-state index contributed by atoms with van der Waals surface area (Å²) in [6, 6.07) is 25.0. The molecule has 1 N–H and O–H groups in total. The Bertz CT molecular complexity index is 1510. The van der Waals surface area contributed by atoms with Gasteiger partial charge < -0.3 is 9.73 Å². The molecule has 0 radical (unpaired) electrons. The molecule has 0 unspecified atom stereocenters. The molecule has 6 heteroatoms. The van der Waals surface area contributed by atoms with Crippen LogP contribution in [0.4, 0.5) is 5.69 Å². The third-order valence-corrected chi connectivity index (χ3v) is 5.41. The smallest absolute Gasteiger partial charge is 0.347 e. The van der Waals surface area contributed by atoms with Crippen molar-refractivity contribution < 1.29 is 4.42 Å². The van der Waals surface area contributed by atoms with E-state index < -0.39 is 5.63 Å². The first-order valence-electron chi connectivity index (χ1n) is 10.8. The molecule has 5 rings (SSSR count). The van der Waals surface area contributed by atoms with Crippen molar-refractivity contribution in [3.63, 3.8) is 0 Å². The number of hydrogen-bond donors (Lipinski definition) is 1. The zero-order chi connectivity index (χ0) is 22.8. The fourth-order valence-corrected chi connectivity index (χ4v) is 3.74. The van der Waals surface area contributed by atoms with Gasteiger partial charge in [-0.3, -0.25) is 0 Å². The number of anilines is 1. The van der Waals surface area contributed by atoms with Crippen LogP contribution in [0.3, 0.4) is 0 Å². The molecule has 6 nitrogen and oxygen atoms in total.